The van der Waals surface area contributed by atoms with Crippen LogP contribution in [0.1, 0.15) is 0 Å². The molecule has 0 unspecified atom stereocenters. The Balaban J connectivity index is -0.000000320. The van der Waals surface area contributed by atoms with Crippen LogP contribution in [0.3, 0.4) is 0 Å². The molecular weight excluding hydrogens is 240 g/mol. The summed E-state index contributed by atoms with van der Waals surface area (Å²) in [5.74, 6) is 0. The lowest BCUT2D eigenvalue weighted by molar-refractivity contribution is 0.329. The monoisotopic (exact) mass is 246 g/mol. The van der Waals surface area contributed by atoms with E-state index in [0.29, 0.717) is 0 Å². The maximum atomic E-state index is 9.29. The molecule has 0 heterocycles. The summed E-state index contributed by atoms with van der Waals surface area (Å²) in [6.45, 7) is 0. The number of hydrogen-bond donors (Lipinski definition) is 0. The fourth-order valence-corrected chi connectivity index (χ4v) is 0.919. The van der Waals surface area contributed by atoms with Gasteiger partial charge in [-0.2, -0.15) is 3.63 Å². The van der Waals surface area contributed by atoms with Crippen LogP contribution in [0.2, 0.25) is 0 Å². The molecule has 0 aromatic carbocycles. The first-order chi connectivity index (χ1) is 3.71. The van der Waals surface area contributed by atoms with Crippen molar-refractivity contribution in [2.75, 3.05) is 0 Å². The lowest BCUT2D eigenvalue weighted by Crippen LogP contribution is -2.11. The molecule has 72 valence electrons. The Hall–Kier alpha value is 0.480. The highest BCUT2D eigenvalue weighted by molar-refractivity contribution is 7.94. The van der Waals surface area contributed by atoms with E-state index < -0.39 is 20.8 Å². The molecule has 0 atom stereocenters. The van der Waals surface area contributed by atoms with Gasteiger partial charge in [-0.3, -0.25) is 0 Å². The summed E-state index contributed by atoms with van der Waals surface area (Å²) >= 11 is 0. The van der Waals surface area contributed by atoms with Crippen LogP contribution in [0, 0.1) is 0 Å². The Morgan fingerprint density at radius 2 is 1.00 bits per heavy atom. The van der Waals surface area contributed by atoms with Crippen molar-refractivity contribution in [2.24, 2.45) is 0 Å². The molecule has 0 spiro atoms. The molecular formula is H6O7S4. The van der Waals surface area contributed by atoms with Gasteiger partial charge < -0.3 is 9.11 Å². The third-order valence-corrected chi connectivity index (χ3v) is 1.50. The van der Waals surface area contributed by atoms with Gasteiger partial charge >= 0.3 is 0 Å². The van der Waals surface area contributed by atoms with E-state index >= 15 is 0 Å². The summed E-state index contributed by atoms with van der Waals surface area (Å²) in [4.78, 5) is 0. The van der Waals surface area contributed by atoms with Crippen molar-refractivity contribution in [3.05, 3.63) is 0 Å². The first kappa shape index (κ1) is 17.5. The first-order valence-corrected chi connectivity index (χ1v) is 4.00. The minimum atomic E-state index is -5.43. The van der Waals surface area contributed by atoms with E-state index in [1.54, 1.807) is 0 Å². The van der Waals surface area contributed by atoms with Gasteiger partial charge in [-0.15, -0.1) is 0 Å². The Labute approximate surface area is 77.5 Å². The van der Waals surface area contributed by atoms with Gasteiger partial charge in [0, 0.05) is 0 Å². The van der Waals surface area contributed by atoms with Crippen LogP contribution in [-0.2, 0) is 51.4 Å². The number of hydrogen-bond acceptors (Lipinski definition) is 7. The van der Waals surface area contributed by atoms with Gasteiger partial charge in [0.2, 0.25) is 20.8 Å². The standard InChI is InChI=1S/H2O7S2.2H2S/c1-8(2,3)7-9(4,5)6;;/h(H,1,2,3)(H,4,5,6);2*1H2. The van der Waals surface area contributed by atoms with Gasteiger partial charge in [0.25, 0.3) is 0 Å². The van der Waals surface area contributed by atoms with E-state index in [9.17, 15) is 25.9 Å². The highest BCUT2D eigenvalue weighted by Crippen LogP contribution is 1.91. The molecule has 0 fully saturated rings. The Bertz CT molecular complexity index is 236. The molecule has 0 saturated carbocycles. The van der Waals surface area contributed by atoms with Gasteiger partial charge in [0.15, 0.2) is 0 Å². The van der Waals surface area contributed by atoms with E-state index in [2.05, 4.69) is 3.63 Å². The third kappa shape index (κ3) is 17.9. The van der Waals surface area contributed by atoms with Crippen molar-refractivity contribution in [1.82, 2.24) is 0 Å². The van der Waals surface area contributed by atoms with Crippen LogP contribution in [0.4, 0.5) is 0 Å². The normalized spacial score (nSPS) is 11.1. The molecule has 0 N–H and O–H groups in total. The van der Waals surface area contributed by atoms with Gasteiger partial charge in [-0.25, -0.2) is 16.8 Å². The molecule has 0 amide bonds. The second-order valence-corrected chi connectivity index (χ2v) is 3.06. The molecule has 0 aliphatic heterocycles. The minimum absolute atomic E-state index is 0. The van der Waals surface area contributed by atoms with Crippen LogP contribution >= 0.6 is 0 Å². The molecule has 0 aromatic heterocycles. The highest BCUT2D eigenvalue weighted by atomic mass is 32.3. The molecule has 0 aliphatic rings. The van der Waals surface area contributed by atoms with Gasteiger partial charge in [0.05, 0.1) is 0 Å². The maximum Gasteiger partial charge on any atom is 0.231 e. The third-order valence-electron chi connectivity index (χ3n) is 0.167. The predicted octanol–water partition coefficient (Wildman–Crippen LogP) is -3.69. The van der Waals surface area contributed by atoms with Gasteiger partial charge in [0.1, 0.15) is 0 Å². The van der Waals surface area contributed by atoms with Crippen molar-refractivity contribution in [2.45, 2.75) is 0 Å². The SMILES string of the molecule is O=S(=O)([O-])OS(=O)(=O)[O-].[SH3+].[SH3+]. The summed E-state index contributed by atoms with van der Waals surface area (Å²) in [7, 11) is -10.9. The zero-order valence-electron chi connectivity index (χ0n) is 4.83. The van der Waals surface area contributed by atoms with Crippen molar-refractivity contribution >= 4 is 47.8 Å². The highest BCUT2D eigenvalue weighted by Gasteiger charge is 1.99. The topological polar surface area (TPSA) is 124 Å². The summed E-state index contributed by atoms with van der Waals surface area (Å²) in [6, 6.07) is 0. The molecule has 0 radical (unpaired) electrons. The van der Waals surface area contributed by atoms with Crippen molar-refractivity contribution in [3.8, 4) is 0 Å². The summed E-state index contributed by atoms with van der Waals surface area (Å²) < 4.78 is 58.2. The van der Waals surface area contributed by atoms with Gasteiger partial charge in [-0.05, 0) is 0 Å². The smallest absolute Gasteiger partial charge is 0.231 e. The second kappa shape index (κ2) is 5.18. The van der Waals surface area contributed by atoms with E-state index in [1.165, 1.54) is 0 Å². The lowest BCUT2D eigenvalue weighted by Gasteiger charge is -2.08. The average Bonchev–Trinajstić information content (AvgIpc) is 1.14. The van der Waals surface area contributed by atoms with Crippen LogP contribution in [-0.4, -0.2) is 25.9 Å². The Morgan fingerprint density at radius 3 is 1.00 bits per heavy atom. The zero-order chi connectivity index (χ0) is 7.71. The molecule has 11 heteroatoms. The predicted molar refractivity (Wildman–Crippen MR) is 43.6 cm³/mol. The largest absolute Gasteiger partial charge is 0.725 e. The molecule has 7 nitrogen and oxygen atoms in total. The summed E-state index contributed by atoms with van der Waals surface area (Å²) in [5, 5.41) is 0. The molecule has 0 bridgehead atoms. The van der Waals surface area contributed by atoms with Gasteiger partial charge in [-0.1, -0.05) is 27.0 Å². The fourth-order valence-electron chi connectivity index (χ4n) is 0.102. The summed E-state index contributed by atoms with van der Waals surface area (Å²) in [5.41, 5.74) is 0. The average molecular weight is 246 g/mol. The Kier molecular flexibility index (Phi) is 8.26. The second-order valence-electron chi connectivity index (χ2n) is 0.885. The number of rotatable bonds is 2. The molecule has 0 rings (SSSR count). The Morgan fingerprint density at radius 1 is 0.818 bits per heavy atom. The minimum Gasteiger partial charge on any atom is -0.725 e. The lowest BCUT2D eigenvalue weighted by atomic mass is 15.8. The zero-order valence-corrected chi connectivity index (χ0v) is 8.77. The van der Waals surface area contributed by atoms with Crippen LogP contribution in [0.25, 0.3) is 0 Å². The molecule has 0 saturated heterocycles. The van der Waals surface area contributed by atoms with E-state index in [0.717, 1.165) is 0 Å². The molecule has 0 aromatic rings. The van der Waals surface area contributed by atoms with Crippen molar-refractivity contribution in [3.63, 3.8) is 0 Å². The van der Waals surface area contributed by atoms with E-state index in [1.807, 2.05) is 0 Å². The van der Waals surface area contributed by atoms with Crippen LogP contribution < -0.4 is 0 Å². The molecule has 11 heavy (non-hydrogen) atoms. The maximum absolute atomic E-state index is 9.29. The van der Waals surface area contributed by atoms with Crippen molar-refractivity contribution < 1.29 is 29.6 Å². The van der Waals surface area contributed by atoms with Crippen LogP contribution in [0.5, 0.6) is 0 Å². The van der Waals surface area contributed by atoms with E-state index in [-0.39, 0.29) is 27.0 Å². The summed E-state index contributed by atoms with van der Waals surface area (Å²) in [6.07, 6.45) is 0. The fraction of sp³-hybridized carbons (Fsp3) is 0. The first-order valence-electron chi connectivity index (χ1n) is 1.33. The van der Waals surface area contributed by atoms with Crippen molar-refractivity contribution in [1.29, 1.82) is 0 Å². The van der Waals surface area contributed by atoms with E-state index in [4.69, 9.17) is 0 Å². The quantitative estimate of drug-likeness (QED) is 0.279. The van der Waals surface area contributed by atoms with Crippen LogP contribution in [0.15, 0.2) is 0 Å². The molecule has 0 aliphatic carbocycles.